The number of hydrogen-bond donors (Lipinski definition) is 1. The van der Waals surface area contributed by atoms with Gasteiger partial charge in [0.15, 0.2) is 0 Å². The van der Waals surface area contributed by atoms with E-state index in [2.05, 4.69) is 49.2 Å². The summed E-state index contributed by atoms with van der Waals surface area (Å²) < 4.78 is 0. The lowest BCUT2D eigenvalue weighted by Gasteiger charge is -2.35. The van der Waals surface area contributed by atoms with Gasteiger partial charge in [0.25, 0.3) is 0 Å². The lowest BCUT2D eigenvalue weighted by Crippen LogP contribution is -2.35. The van der Waals surface area contributed by atoms with Gasteiger partial charge in [0.1, 0.15) is 0 Å². The molecule has 3 heteroatoms. The van der Waals surface area contributed by atoms with E-state index < -0.39 is 0 Å². The van der Waals surface area contributed by atoms with Crippen LogP contribution in [0.4, 0.5) is 5.69 Å². The summed E-state index contributed by atoms with van der Waals surface area (Å²) in [6, 6.07) is 6.48. The third kappa shape index (κ3) is 3.89. The first kappa shape index (κ1) is 15.7. The van der Waals surface area contributed by atoms with Gasteiger partial charge < -0.3 is 10.2 Å². The van der Waals surface area contributed by atoms with Crippen molar-refractivity contribution in [3.05, 3.63) is 28.8 Å². The molecule has 1 fully saturated rings. The number of benzene rings is 1. The number of hydrogen-bond acceptors (Lipinski definition) is 2. The molecule has 112 valence electrons. The van der Waals surface area contributed by atoms with E-state index in [0.29, 0.717) is 0 Å². The molecular formula is C17H27ClN2. The van der Waals surface area contributed by atoms with Crippen LogP contribution in [0, 0.1) is 11.8 Å². The molecule has 0 aromatic heterocycles. The Hall–Kier alpha value is -0.730. The standard InChI is InChI=1S/C17H27ClN2/c1-4-19-12-14-5-6-17(16(18)11-14)20-9-7-15(8-10-20)13(2)3/h5-6,11,13,15,19H,4,7-10,12H2,1-3H3. The third-order valence-electron chi connectivity index (χ3n) is 4.41. The maximum absolute atomic E-state index is 6.47. The van der Waals surface area contributed by atoms with Gasteiger partial charge in [-0.3, -0.25) is 0 Å². The zero-order valence-corrected chi connectivity index (χ0v) is 13.7. The first-order valence-electron chi connectivity index (χ1n) is 7.86. The number of nitrogens with one attached hydrogen (secondary N) is 1. The highest BCUT2D eigenvalue weighted by Crippen LogP contribution is 2.32. The van der Waals surface area contributed by atoms with E-state index in [1.807, 2.05) is 0 Å². The molecule has 20 heavy (non-hydrogen) atoms. The van der Waals surface area contributed by atoms with Crippen LogP contribution in [0.3, 0.4) is 0 Å². The quantitative estimate of drug-likeness (QED) is 0.870. The topological polar surface area (TPSA) is 15.3 Å². The number of rotatable bonds is 5. The summed E-state index contributed by atoms with van der Waals surface area (Å²) in [5.74, 6) is 1.67. The largest absolute Gasteiger partial charge is 0.370 e. The van der Waals surface area contributed by atoms with Gasteiger partial charge in [-0.05, 0) is 48.9 Å². The van der Waals surface area contributed by atoms with E-state index in [9.17, 15) is 0 Å². The molecule has 1 heterocycles. The van der Waals surface area contributed by atoms with Crippen LogP contribution < -0.4 is 10.2 Å². The van der Waals surface area contributed by atoms with Crippen molar-refractivity contribution in [1.82, 2.24) is 5.32 Å². The predicted octanol–water partition coefficient (Wildman–Crippen LogP) is 4.32. The van der Waals surface area contributed by atoms with E-state index in [1.165, 1.54) is 24.1 Å². The number of nitrogens with zero attached hydrogens (tertiary/aromatic N) is 1. The minimum atomic E-state index is 0.801. The average Bonchev–Trinajstić information content (AvgIpc) is 2.45. The molecule has 0 unspecified atom stereocenters. The van der Waals surface area contributed by atoms with Gasteiger partial charge in [0.05, 0.1) is 10.7 Å². The number of anilines is 1. The first-order chi connectivity index (χ1) is 9.61. The Balaban J connectivity index is 1.99. The van der Waals surface area contributed by atoms with Crippen LogP contribution in [-0.2, 0) is 6.54 Å². The molecule has 1 aromatic rings. The zero-order chi connectivity index (χ0) is 14.5. The van der Waals surface area contributed by atoms with Gasteiger partial charge in [0.2, 0.25) is 0 Å². The second-order valence-electron chi connectivity index (χ2n) is 6.13. The van der Waals surface area contributed by atoms with Crippen molar-refractivity contribution in [3.63, 3.8) is 0 Å². The van der Waals surface area contributed by atoms with E-state index in [4.69, 9.17) is 11.6 Å². The van der Waals surface area contributed by atoms with Crippen molar-refractivity contribution >= 4 is 17.3 Å². The molecular weight excluding hydrogens is 268 g/mol. The smallest absolute Gasteiger partial charge is 0.0642 e. The van der Waals surface area contributed by atoms with Crippen LogP contribution in [0.2, 0.25) is 5.02 Å². The Morgan fingerprint density at radius 3 is 2.55 bits per heavy atom. The Morgan fingerprint density at radius 2 is 2.00 bits per heavy atom. The molecule has 0 radical (unpaired) electrons. The Labute approximate surface area is 128 Å². The second kappa shape index (κ2) is 7.33. The van der Waals surface area contributed by atoms with E-state index in [-0.39, 0.29) is 0 Å². The van der Waals surface area contributed by atoms with Gasteiger partial charge >= 0.3 is 0 Å². The number of halogens is 1. The number of piperidine rings is 1. The van der Waals surface area contributed by atoms with Crippen molar-refractivity contribution in [2.75, 3.05) is 24.5 Å². The van der Waals surface area contributed by atoms with Gasteiger partial charge in [-0.2, -0.15) is 0 Å². The predicted molar refractivity (Wildman–Crippen MR) is 88.6 cm³/mol. The fourth-order valence-corrected chi connectivity index (χ4v) is 3.32. The maximum Gasteiger partial charge on any atom is 0.0642 e. The maximum atomic E-state index is 6.47. The van der Waals surface area contributed by atoms with Crippen LogP contribution in [0.25, 0.3) is 0 Å². The molecule has 2 rings (SSSR count). The highest BCUT2D eigenvalue weighted by atomic mass is 35.5. The summed E-state index contributed by atoms with van der Waals surface area (Å²) in [5.41, 5.74) is 2.46. The summed E-state index contributed by atoms with van der Waals surface area (Å²) in [6.07, 6.45) is 2.57. The lowest BCUT2D eigenvalue weighted by atomic mass is 9.86. The summed E-state index contributed by atoms with van der Waals surface area (Å²) in [5, 5.41) is 4.23. The van der Waals surface area contributed by atoms with Crippen molar-refractivity contribution in [2.45, 2.75) is 40.2 Å². The minimum Gasteiger partial charge on any atom is -0.370 e. The Bertz CT molecular complexity index is 423. The highest BCUT2D eigenvalue weighted by Gasteiger charge is 2.22. The normalized spacial score (nSPS) is 16.9. The van der Waals surface area contributed by atoms with Crippen molar-refractivity contribution in [2.24, 2.45) is 11.8 Å². The van der Waals surface area contributed by atoms with E-state index >= 15 is 0 Å². The molecule has 0 amide bonds. The zero-order valence-electron chi connectivity index (χ0n) is 13.0. The SMILES string of the molecule is CCNCc1ccc(N2CCC(C(C)C)CC2)c(Cl)c1. The fourth-order valence-electron chi connectivity index (χ4n) is 2.99. The van der Waals surface area contributed by atoms with Crippen molar-refractivity contribution in [3.8, 4) is 0 Å². The second-order valence-corrected chi connectivity index (χ2v) is 6.54. The summed E-state index contributed by atoms with van der Waals surface area (Å²) in [4.78, 5) is 2.44. The molecule has 1 aliphatic heterocycles. The van der Waals surface area contributed by atoms with Gasteiger partial charge in [-0.1, -0.05) is 38.4 Å². The van der Waals surface area contributed by atoms with Crippen LogP contribution in [-0.4, -0.2) is 19.6 Å². The molecule has 1 saturated heterocycles. The lowest BCUT2D eigenvalue weighted by molar-refractivity contribution is 0.311. The molecule has 0 atom stereocenters. The van der Waals surface area contributed by atoms with Crippen LogP contribution in [0.15, 0.2) is 18.2 Å². The molecule has 1 aromatic carbocycles. The highest BCUT2D eigenvalue weighted by molar-refractivity contribution is 6.33. The molecule has 0 saturated carbocycles. The van der Waals surface area contributed by atoms with Crippen molar-refractivity contribution < 1.29 is 0 Å². The molecule has 0 spiro atoms. The van der Waals surface area contributed by atoms with E-state index in [1.54, 1.807) is 0 Å². The summed E-state index contributed by atoms with van der Waals surface area (Å²) in [6.45, 7) is 10.9. The van der Waals surface area contributed by atoms with Gasteiger partial charge in [0, 0.05) is 19.6 Å². The average molecular weight is 295 g/mol. The summed E-state index contributed by atoms with van der Waals surface area (Å²) >= 11 is 6.47. The van der Waals surface area contributed by atoms with Crippen LogP contribution >= 0.6 is 11.6 Å². The monoisotopic (exact) mass is 294 g/mol. The third-order valence-corrected chi connectivity index (χ3v) is 4.72. The van der Waals surface area contributed by atoms with Gasteiger partial charge in [-0.25, -0.2) is 0 Å². The first-order valence-corrected chi connectivity index (χ1v) is 8.23. The van der Waals surface area contributed by atoms with Gasteiger partial charge in [-0.15, -0.1) is 0 Å². The van der Waals surface area contributed by atoms with Crippen molar-refractivity contribution in [1.29, 1.82) is 0 Å². The minimum absolute atomic E-state index is 0.801. The van der Waals surface area contributed by atoms with E-state index in [0.717, 1.165) is 43.0 Å². The molecule has 0 bridgehead atoms. The fraction of sp³-hybridized carbons (Fsp3) is 0.647. The Morgan fingerprint density at radius 1 is 1.30 bits per heavy atom. The molecule has 2 nitrogen and oxygen atoms in total. The summed E-state index contributed by atoms with van der Waals surface area (Å²) in [7, 11) is 0. The molecule has 1 aliphatic rings. The van der Waals surface area contributed by atoms with Crippen LogP contribution in [0.1, 0.15) is 39.2 Å². The molecule has 1 N–H and O–H groups in total. The Kier molecular flexibility index (Phi) is 5.74. The molecule has 0 aliphatic carbocycles. The van der Waals surface area contributed by atoms with Crippen LogP contribution in [0.5, 0.6) is 0 Å².